The van der Waals surface area contributed by atoms with E-state index in [0.29, 0.717) is 16.9 Å². The van der Waals surface area contributed by atoms with E-state index in [1.165, 1.54) is 6.07 Å². The Morgan fingerprint density at radius 3 is 2.17 bits per heavy atom. The molecule has 24 heavy (non-hydrogen) atoms. The molecule has 0 aliphatic rings. The average Bonchev–Trinajstić information content (AvgIpc) is 3.13. The number of hydrogen-bond donors (Lipinski definition) is 2. The fourth-order valence-corrected chi connectivity index (χ4v) is 4.15. The molecule has 0 atom stereocenters. The van der Waals surface area contributed by atoms with Gasteiger partial charge in [0.05, 0.1) is 11.4 Å². The first-order chi connectivity index (χ1) is 11.6. The fraction of sp³-hybridized carbons (Fsp3) is 0. The van der Waals surface area contributed by atoms with Crippen molar-refractivity contribution in [2.24, 2.45) is 0 Å². The zero-order chi connectivity index (χ0) is 17.0. The number of carbonyl (C=O) groups is 1. The summed E-state index contributed by atoms with van der Waals surface area (Å²) in [6, 6.07) is 18.6. The lowest BCUT2D eigenvalue weighted by molar-refractivity contribution is 0.102. The van der Waals surface area contributed by atoms with Crippen LogP contribution in [0.1, 0.15) is 10.4 Å². The molecular weight excluding hydrogens is 344 g/mol. The van der Waals surface area contributed by atoms with Crippen molar-refractivity contribution in [3.63, 3.8) is 0 Å². The Balaban J connectivity index is 1.85. The van der Waals surface area contributed by atoms with E-state index in [2.05, 4.69) is 10.0 Å². The second-order valence-corrected chi connectivity index (χ2v) is 7.76. The van der Waals surface area contributed by atoms with Crippen LogP contribution in [0.2, 0.25) is 0 Å². The number of thiophene rings is 1. The van der Waals surface area contributed by atoms with Crippen LogP contribution in [0, 0.1) is 0 Å². The maximum Gasteiger partial charge on any atom is 0.271 e. The Morgan fingerprint density at radius 1 is 0.833 bits per heavy atom. The lowest BCUT2D eigenvalue weighted by Gasteiger charge is -2.12. The molecule has 0 fully saturated rings. The predicted octanol–water partition coefficient (Wildman–Crippen LogP) is 3.80. The molecule has 3 rings (SSSR count). The van der Waals surface area contributed by atoms with Crippen LogP contribution in [0.15, 0.2) is 76.3 Å². The van der Waals surface area contributed by atoms with E-state index in [9.17, 15) is 13.2 Å². The predicted molar refractivity (Wildman–Crippen MR) is 96.0 cm³/mol. The third kappa shape index (κ3) is 3.64. The molecule has 0 saturated heterocycles. The van der Waals surface area contributed by atoms with Crippen LogP contribution in [0.25, 0.3) is 0 Å². The highest BCUT2D eigenvalue weighted by Gasteiger charge is 2.17. The van der Waals surface area contributed by atoms with Crippen LogP contribution in [0.4, 0.5) is 11.4 Å². The summed E-state index contributed by atoms with van der Waals surface area (Å²) in [6.45, 7) is 0. The summed E-state index contributed by atoms with van der Waals surface area (Å²) in [7, 11) is -3.68. The molecule has 0 spiro atoms. The number of hydrogen-bond acceptors (Lipinski definition) is 4. The van der Waals surface area contributed by atoms with Gasteiger partial charge < -0.3 is 5.32 Å². The van der Waals surface area contributed by atoms with Crippen molar-refractivity contribution in [2.75, 3.05) is 10.0 Å². The summed E-state index contributed by atoms with van der Waals surface area (Å²) in [5.41, 5.74) is 1.20. The summed E-state index contributed by atoms with van der Waals surface area (Å²) in [5.74, 6) is -0.307. The number of benzene rings is 2. The van der Waals surface area contributed by atoms with Crippen LogP contribution in [0.3, 0.4) is 0 Å². The normalized spacial score (nSPS) is 11.0. The van der Waals surface area contributed by atoms with Crippen molar-refractivity contribution < 1.29 is 13.2 Å². The molecule has 0 aliphatic heterocycles. The Kier molecular flexibility index (Phi) is 4.64. The summed E-state index contributed by atoms with van der Waals surface area (Å²) >= 11 is 1.13. The summed E-state index contributed by atoms with van der Waals surface area (Å²) in [5, 5.41) is 4.42. The second kappa shape index (κ2) is 6.86. The quantitative estimate of drug-likeness (QED) is 0.728. The summed E-state index contributed by atoms with van der Waals surface area (Å²) < 4.78 is 27.4. The lowest BCUT2D eigenvalue weighted by Crippen LogP contribution is -2.16. The van der Waals surface area contributed by atoms with Crippen LogP contribution in [-0.4, -0.2) is 14.3 Å². The molecule has 0 radical (unpaired) electrons. The van der Waals surface area contributed by atoms with Crippen LogP contribution >= 0.6 is 11.3 Å². The number of para-hydroxylation sites is 2. The minimum atomic E-state index is -3.68. The standard InChI is InChI=1S/C17H14N2O3S2/c20-17(13-7-2-1-3-8-13)18-14-9-4-5-10-15(14)19-24(21,22)16-11-6-12-23-16/h1-12,19H,(H,18,20). The Hall–Kier alpha value is -2.64. The van der Waals surface area contributed by atoms with Crippen molar-refractivity contribution in [3.8, 4) is 0 Å². The topological polar surface area (TPSA) is 75.3 Å². The van der Waals surface area contributed by atoms with Gasteiger partial charge >= 0.3 is 0 Å². The molecule has 122 valence electrons. The number of nitrogens with one attached hydrogen (secondary N) is 2. The number of carbonyl (C=O) groups excluding carboxylic acids is 1. The van der Waals surface area contributed by atoms with Crippen LogP contribution in [-0.2, 0) is 10.0 Å². The van der Waals surface area contributed by atoms with Gasteiger partial charge in [0, 0.05) is 5.56 Å². The fourth-order valence-electron chi connectivity index (χ4n) is 2.08. The highest BCUT2D eigenvalue weighted by molar-refractivity contribution is 7.94. The minimum Gasteiger partial charge on any atom is -0.320 e. The van der Waals surface area contributed by atoms with Crippen molar-refractivity contribution >= 4 is 38.6 Å². The van der Waals surface area contributed by atoms with Gasteiger partial charge in [0.15, 0.2) is 0 Å². The second-order valence-electron chi connectivity index (χ2n) is 4.90. The van der Waals surface area contributed by atoms with E-state index in [4.69, 9.17) is 0 Å². The van der Waals surface area contributed by atoms with Crippen molar-refractivity contribution in [2.45, 2.75) is 4.21 Å². The molecule has 1 heterocycles. The number of amides is 1. The highest BCUT2D eigenvalue weighted by atomic mass is 32.2. The smallest absolute Gasteiger partial charge is 0.271 e. The zero-order valence-corrected chi connectivity index (χ0v) is 14.1. The molecule has 5 nitrogen and oxygen atoms in total. The largest absolute Gasteiger partial charge is 0.320 e. The molecule has 0 unspecified atom stereocenters. The average molecular weight is 358 g/mol. The first-order valence-corrected chi connectivity index (χ1v) is 9.44. The van der Waals surface area contributed by atoms with Gasteiger partial charge in [0.1, 0.15) is 4.21 Å². The molecule has 1 amide bonds. The summed E-state index contributed by atoms with van der Waals surface area (Å²) in [6.07, 6.45) is 0. The van der Waals surface area contributed by atoms with Gasteiger partial charge in [-0.1, -0.05) is 36.4 Å². The van der Waals surface area contributed by atoms with Gasteiger partial charge in [-0.15, -0.1) is 11.3 Å². The van der Waals surface area contributed by atoms with Gasteiger partial charge in [-0.2, -0.15) is 0 Å². The van der Waals surface area contributed by atoms with E-state index in [-0.39, 0.29) is 10.1 Å². The van der Waals surface area contributed by atoms with Crippen molar-refractivity contribution in [1.82, 2.24) is 0 Å². The Labute approximate surface area is 144 Å². The molecule has 0 aliphatic carbocycles. The van der Waals surface area contributed by atoms with E-state index in [1.54, 1.807) is 60.0 Å². The van der Waals surface area contributed by atoms with Gasteiger partial charge in [-0.25, -0.2) is 8.42 Å². The number of rotatable bonds is 5. The first-order valence-electron chi connectivity index (χ1n) is 7.08. The highest BCUT2D eigenvalue weighted by Crippen LogP contribution is 2.26. The lowest BCUT2D eigenvalue weighted by atomic mass is 10.2. The monoisotopic (exact) mass is 358 g/mol. The third-order valence-corrected chi connectivity index (χ3v) is 5.98. The molecule has 0 saturated carbocycles. The molecular formula is C17H14N2O3S2. The Bertz CT molecular complexity index is 937. The van der Waals surface area contributed by atoms with Crippen LogP contribution < -0.4 is 10.0 Å². The van der Waals surface area contributed by atoms with Gasteiger partial charge in [0.25, 0.3) is 15.9 Å². The van der Waals surface area contributed by atoms with E-state index in [1.807, 2.05) is 6.07 Å². The molecule has 0 bridgehead atoms. The number of sulfonamides is 1. The third-order valence-electron chi connectivity index (χ3n) is 3.22. The van der Waals surface area contributed by atoms with Gasteiger partial charge in [0.2, 0.25) is 0 Å². The SMILES string of the molecule is O=C(Nc1ccccc1NS(=O)(=O)c1cccs1)c1ccccc1. The zero-order valence-electron chi connectivity index (χ0n) is 12.5. The minimum absolute atomic E-state index is 0.215. The first kappa shape index (κ1) is 16.2. The van der Waals surface area contributed by atoms with Gasteiger partial charge in [-0.3, -0.25) is 9.52 Å². The van der Waals surface area contributed by atoms with E-state index >= 15 is 0 Å². The summed E-state index contributed by atoms with van der Waals surface area (Å²) in [4.78, 5) is 12.3. The maximum absolute atomic E-state index is 12.4. The van der Waals surface area contributed by atoms with Gasteiger partial charge in [-0.05, 0) is 35.7 Å². The Morgan fingerprint density at radius 2 is 1.50 bits per heavy atom. The van der Waals surface area contributed by atoms with Crippen molar-refractivity contribution in [3.05, 3.63) is 77.7 Å². The molecule has 3 aromatic rings. The molecule has 7 heteroatoms. The van der Waals surface area contributed by atoms with Crippen molar-refractivity contribution in [1.29, 1.82) is 0 Å². The molecule has 2 N–H and O–H groups in total. The van der Waals surface area contributed by atoms with E-state index in [0.717, 1.165) is 11.3 Å². The maximum atomic E-state index is 12.4. The molecule has 1 aromatic heterocycles. The van der Waals surface area contributed by atoms with E-state index < -0.39 is 10.0 Å². The van der Waals surface area contributed by atoms with Crippen LogP contribution in [0.5, 0.6) is 0 Å². The molecule has 2 aromatic carbocycles. The number of anilines is 2.